The zero-order valence-corrected chi connectivity index (χ0v) is 10.5. The molecule has 0 unspecified atom stereocenters. The highest BCUT2D eigenvalue weighted by Crippen LogP contribution is 2.21. The van der Waals surface area contributed by atoms with Gasteiger partial charge in [0, 0.05) is 12.7 Å². The van der Waals surface area contributed by atoms with Gasteiger partial charge in [0.25, 0.3) is 5.91 Å². The van der Waals surface area contributed by atoms with Gasteiger partial charge in [0.05, 0.1) is 5.56 Å². The van der Waals surface area contributed by atoms with Crippen molar-refractivity contribution in [3.05, 3.63) is 52.2 Å². The molecule has 92 valence electrons. The maximum absolute atomic E-state index is 12.2. The van der Waals surface area contributed by atoms with Gasteiger partial charge in [-0.2, -0.15) is 0 Å². The van der Waals surface area contributed by atoms with Crippen molar-refractivity contribution in [2.75, 3.05) is 11.9 Å². The van der Waals surface area contributed by atoms with Crippen LogP contribution in [-0.2, 0) is 0 Å². The average Bonchev–Trinajstić information content (AvgIpc) is 2.87. The second-order valence-corrected chi connectivity index (χ2v) is 4.58. The summed E-state index contributed by atoms with van der Waals surface area (Å²) in [5.41, 5.74) is 0.778. The second kappa shape index (κ2) is 5.01. The number of carbonyl (C=O) groups is 2. The molecule has 18 heavy (non-hydrogen) atoms. The molecular weight excluding hydrogens is 250 g/mol. The van der Waals surface area contributed by atoms with E-state index in [1.807, 2.05) is 18.2 Å². The molecule has 0 radical (unpaired) electrons. The van der Waals surface area contributed by atoms with E-state index in [0.29, 0.717) is 0 Å². The molecule has 2 aromatic rings. The van der Waals surface area contributed by atoms with Crippen LogP contribution in [0, 0.1) is 0 Å². The summed E-state index contributed by atoms with van der Waals surface area (Å²) in [6, 6.07) is 10.5. The first-order valence-corrected chi connectivity index (χ1v) is 6.13. The minimum absolute atomic E-state index is 0.0489. The molecule has 0 saturated carbocycles. The van der Waals surface area contributed by atoms with Crippen molar-refractivity contribution in [2.45, 2.75) is 0 Å². The summed E-state index contributed by atoms with van der Waals surface area (Å²) in [6.45, 7) is 0. The highest BCUT2D eigenvalue weighted by Gasteiger charge is 2.21. The van der Waals surface area contributed by atoms with Gasteiger partial charge in [-0.3, -0.25) is 4.79 Å². The van der Waals surface area contributed by atoms with Crippen LogP contribution in [0.4, 0.5) is 5.69 Å². The summed E-state index contributed by atoms with van der Waals surface area (Å²) in [4.78, 5) is 24.9. The van der Waals surface area contributed by atoms with Crippen LogP contribution in [-0.4, -0.2) is 24.0 Å². The molecule has 5 heteroatoms. The Hall–Kier alpha value is -2.14. The van der Waals surface area contributed by atoms with E-state index < -0.39 is 5.97 Å². The van der Waals surface area contributed by atoms with Crippen LogP contribution in [0.25, 0.3) is 0 Å². The maximum atomic E-state index is 12.2. The molecular formula is C13H11NO3S. The number of anilines is 1. The number of benzene rings is 1. The number of carboxylic acids is 1. The third-order valence-corrected chi connectivity index (χ3v) is 3.44. The highest BCUT2D eigenvalue weighted by molar-refractivity contribution is 7.12. The lowest BCUT2D eigenvalue weighted by Gasteiger charge is -2.16. The molecule has 1 heterocycles. The Labute approximate surface area is 108 Å². The average molecular weight is 261 g/mol. The first-order valence-electron chi connectivity index (χ1n) is 5.25. The molecule has 0 spiro atoms. The summed E-state index contributed by atoms with van der Waals surface area (Å²) in [7, 11) is 1.63. The van der Waals surface area contributed by atoms with E-state index in [-0.39, 0.29) is 16.3 Å². The molecule has 0 aliphatic carbocycles. The Bertz CT molecular complexity index is 577. The summed E-state index contributed by atoms with van der Waals surface area (Å²) < 4.78 is 0. The van der Waals surface area contributed by atoms with Gasteiger partial charge in [-0.25, -0.2) is 4.79 Å². The quantitative estimate of drug-likeness (QED) is 0.924. The van der Waals surface area contributed by atoms with Crippen molar-refractivity contribution >= 4 is 28.9 Å². The molecule has 4 nitrogen and oxygen atoms in total. The number of carbonyl (C=O) groups excluding carboxylic acids is 1. The Balaban J connectivity index is 2.32. The van der Waals surface area contributed by atoms with Crippen LogP contribution in [0.2, 0.25) is 0 Å². The molecule has 0 aliphatic rings. The lowest BCUT2D eigenvalue weighted by atomic mass is 10.2. The topological polar surface area (TPSA) is 57.6 Å². The molecule has 0 aliphatic heterocycles. The Morgan fingerprint density at radius 1 is 1.17 bits per heavy atom. The molecule has 2 rings (SSSR count). The van der Waals surface area contributed by atoms with Crippen LogP contribution < -0.4 is 4.90 Å². The van der Waals surface area contributed by atoms with Crippen molar-refractivity contribution in [3.63, 3.8) is 0 Å². The smallest absolute Gasteiger partial charge is 0.337 e. The van der Waals surface area contributed by atoms with E-state index in [4.69, 9.17) is 5.11 Å². The van der Waals surface area contributed by atoms with Crippen LogP contribution >= 0.6 is 11.3 Å². The van der Waals surface area contributed by atoms with Crippen LogP contribution in [0.1, 0.15) is 20.0 Å². The van der Waals surface area contributed by atoms with Crippen LogP contribution in [0.5, 0.6) is 0 Å². The molecule has 1 amide bonds. The second-order valence-electron chi connectivity index (χ2n) is 3.67. The monoisotopic (exact) mass is 261 g/mol. The summed E-state index contributed by atoms with van der Waals surface area (Å²) in [6.07, 6.45) is 0. The van der Waals surface area contributed by atoms with Crippen LogP contribution in [0.3, 0.4) is 0 Å². The van der Waals surface area contributed by atoms with Gasteiger partial charge < -0.3 is 10.0 Å². The zero-order chi connectivity index (χ0) is 13.1. The summed E-state index contributed by atoms with van der Waals surface area (Å²) >= 11 is 1.14. The van der Waals surface area contributed by atoms with Gasteiger partial charge in [0.2, 0.25) is 0 Å². The first kappa shape index (κ1) is 12.3. The zero-order valence-electron chi connectivity index (χ0n) is 9.66. The van der Waals surface area contributed by atoms with E-state index in [9.17, 15) is 9.59 Å². The van der Waals surface area contributed by atoms with E-state index in [1.54, 1.807) is 24.6 Å². The number of hydrogen-bond acceptors (Lipinski definition) is 3. The Morgan fingerprint density at radius 2 is 1.83 bits per heavy atom. The lowest BCUT2D eigenvalue weighted by molar-refractivity contribution is 0.0693. The van der Waals surface area contributed by atoms with Crippen molar-refractivity contribution in [1.29, 1.82) is 0 Å². The predicted octanol–water partition coefficient (Wildman–Crippen LogP) is 2.72. The van der Waals surface area contributed by atoms with Crippen molar-refractivity contribution in [1.82, 2.24) is 0 Å². The molecule has 0 fully saturated rings. The number of nitrogens with zero attached hydrogens (tertiary/aromatic N) is 1. The molecule has 1 aromatic carbocycles. The van der Waals surface area contributed by atoms with E-state index in [1.165, 1.54) is 11.0 Å². The van der Waals surface area contributed by atoms with Crippen molar-refractivity contribution in [3.8, 4) is 0 Å². The van der Waals surface area contributed by atoms with Gasteiger partial charge in [-0.15, -0.1) is 11.3 Å². The number of para-hydroxylation sites is 1. The lowest BCUT2D eigenvalue weighted by Crippen LogP contribution is -2.26. The fraction of sp³-hybridized carbons (Fsp3) is 0.0769. The standard InChI is InChI=1S/C13H11NO3S/c1-14(9-5-3-2-4-6-9)12(15)11-10(13(16)17)7-8-18-11/h2-8H,1H3,(H,16,17). The highest BCUT2D eigenvalue weighted by atomic mass is 32.1. The maximum Gasteiger partial charge on any atom is 0.337 e. The van der Waals surface area contributed by atoms with Gasteiger partial charge in [0.15, 0.2) is 0 Å². The normalized spacial score (nSPS) is 10.1. The Kier molecular flexibility index (Phi) is 3.43. The number of aromatic carboxylic acids is 1. The van der Waals surface area contributed by atoms with Gasteiger partial charge in [-0.05, 0) is 23.6 Å². The largest absolute Gasteiger partial charge is 0.478 e. The van der Waals surface area contributed by atoms with Gasteiger partial charge in [-0.1, -0.05) is 18.2 Å². The third-order valence-electron chi connectivity index (χ3n) is 2.54. The first-order chi connectivity index (χ1) is 8.61. The Morgan fingerprint density at radius 3 is 2.44 bits per heavy atom. The van der Waals surface area contributed by atoms with Gasteiger partial charge >= 0.3 is 5.97 Å². The number of amides is 1. The molecule has 0 atom stereocenters. The molecule has 1 N–H and O–H groups in total. The number of thiophene rings is 1. The van der Waals surface area contributed by atoms with Gasteiger partial charge in [0.1, 0.15) is 4.88 Å². The van der Waals surface area contributed by atoms with Crippen molar-refractivity contribution in [2.24, 2.45) is 0 Å². The van der Waals surface area contributed by atoms with Crippen LogP contribution in [0.15, 0.2) is 41.8 Å². The number of rotatable bonds is 3. The SMILES string of the molecule is CN(C(=O)c1sccc1C(=O)O)c1ccccc1. The fourth-order valence-corrected chi connectivity index (χ4v) is 2.42. The molecule has 0 bridgehead atoms. The molecule has 0 saturated heterocycles. The third kappa shape index (κ3) is 2.26. The summed E-state index contributed by atoms with van der Waals surface area (Å²) in [5.74, 6) is -1.39. The number of hydrogen-bond donors (Lipinski definition) is 1. The van der Waals surface area contributed by atoms with E-state index >= 15 is 0 Å². The minimum atomic E-state index is -1.08. The predicted molar refractivity (Wildman–Crippen MR) is 70.5 cm³/mol. The summed E-state index contributed by atoms with van der Waals surface area (Å²) in [5, 5.41) is 10.6. The fourth-order valence-electron chi connectivity index (χ4n) is 1.56. The molecule has 1 aromatic heterocycles. The van der Waals surface area contributed by atoms with E-state index in [0.717, 1.165) is 17.0 Å². The van der Waals surface area contributed by atoms with E-state index in [2.05, 4.69) is 0 Å². The van der Waals surface area contributed by atoms with Crippen molar-refractivity contribution < 1.29 is 14.7 Å². The number of carboxylic acid groups (broad SMARTS) is 1. The minimum Gasteiger partial charge on any atom is -0.478 e.